The van der Waals surface area contributed by atoms with Crippen LogP contribution in [0.3, 0.4) is 0 Å². The standard InChI is InChI=1S/C23H31N3O/c1-5-25(6-2)13-9-10-18(4)24-21-14-17(3)15-23-20(21)16-19-11-7-8-12-22(19)26(23)27/h7-8,11-12,14-16,18,27H,5-6,9-10,13H2,1-4H3. The molecule has 1 aromatic rings. The molecule has 0 radical (unpaired) electrons. The first kappa shape index (κ1) is 19.4. The average molecular weight is 366 g/mol. The summed E-state index contributed by atoms with van der Waals surface area (Å²) < 4.78 is 1.29. The zero-order valence-corrected chi connectivity index (χ0v) is 16.9. The Morgan fingerprint density at radius 3 is 2.59 bits per heavy atom. The summed E-state index contributed by atoms with van der Waals surface area (Å²) in [6.45, 7) is 12.0. The summed E-state index contributed by atoms with van der Waals surface area (Å²) in [4.78, 5) is 7.46. The summed E-state index contributed by atoms with van der Waals surface area (Å²) in [7, 11) is 0. The molecule has 0 spiro atoms. The molecule has 4 heteroatoms. The van der Waals surface area contributed by atoms with Gasteiger partial charge in [0.1, 0.15) is 0 Å². The SMILES string of the molecule is CCN(CC)CCCC(C)N=c1cc(C)cc2n(O)c3ccccc3cc1-2. The van der Waals surface area contributed by atoms with E-state index in [1.165, 1.54) is 4.73 Å². The van der Waals surface area contributed by atoms with Crippen LogP contribution in [0.5, 0.6) is 0 Å². The zero-order chi connectivity index (χ0) is 19.4. The maximum Gasteiger partial charge on any atom is 0.0896 e. The number of aryl methyl sites for hydroxylation is 1. The molecule has 1 atom stereocenters. The number of hydrogen-bond acceptors (Lipinski definition) is 3. The van der Waals surface area contributed by atoms with Crippen LogP contribution in [0.1, 0.15) is 39.2 Å². The van der Waals surface area contributed by atoms with Crippen LogP contribution < -0.4 is 5.36 Å². The summed E-state index contributed by atoms with van der Waals surface area (Å²) in [5.41, 5.74) is 3.73. The van der Waals surface area contributed by atoms with Crippen LogP contribution >= 0.6 is 0 Å². The first-order valence-electron chi connectivity index (χ1n) is 10.0. The molecule has 1 N–H and O–H groups in total. The molecule has 1 aliphatic heterocycles. The minimum absolute atomic E-state index is 0.254. The Bertz CT molecular complexity index is 940. The smallest absolute Gasteiger partial charge is 0.0896 e. The molecular weight excluding hydrogens is 334 g/mol. The molecule has 1 unspecified atom stereocenters. The molecule has 0 bridgehead atoms. The Balaban J connectivity index is 1.94. The number of para-hydroxylation sites is 1. The third kappa shape index (κ3) is 4.33. The maximum absolute atomic E-state index is 10.7. The molecule has 0 aromatic heterocycles. The lowest BCUT2D eigenvalue weighted by Gasteiger charge is -2.18. The fourth-order valence-corrected chi connectivity index (χ4v) is 3.73. The van der Waals surface area contributed by atoms with Crippen LogP contribution in [0.2, 0.25) is 0 Å². The van der Waals surface area contributed by atoms with Crippen molar-refractivity contribution in [3.8, 4) is 11.3 Å². The van der Waals surface area contributed by atoms with Crippen molar-refractivity contribution >= 4 is 10.9 Å². The van der Waals surface area contributed by atoms with E-state index >= 15 is 0 Å². The Labute approximate surface area is 162 Å². The third-order valence-corrected chi connectivity index (χ3v) is 5.32. The Hall–Kier alpha value is -2.33. The van der Waals surface area contributed by atoms with Gasteiger partial charge in [0.25, 0.3) is 0 Å². The van der Waals surface area contributed by atoms with Crippen molar-refractivity contribution in [2.45, 2.75) is 46.6 Å². The van der Waals surface area contributed by atoms with Crippen LogP contribution in [-0.2, 0) is 0 Å². The summed E-state index contributed by atoms with van der Waals surface area (Å²) in [5.74, 6) is 0. The molecule has 3 rings (SSSR count). The van der Waals surface area contributed by atoms with Gasteiger partial charge >= 0.3 is 0 Å². The predicted octanol–water partition coefficient (Wildman–Crippen LogP) is 4.70. The van der Waals surface area contributed by atoms with E-state index < -0.39 is 0 Å². The lowest BCUT2D eigenvalue weighted by atomic mass is 10.0. The number of benzene rings is 2. The fraction of sp³-hybridized carbons (Fsp3) is 0.435. The number of aromatic nitrogens is 1. The number of pyridine rings is 1. The highest BCUT2D eigenvalue weighted by Crippen LogP contribution is 2.25. The molecule has 0 fully saturated rings. The van der Waals surface area contributed by atoms with E-state index in [0.29, 0.717) is 0 Å². The van der Waals surface area contributed by atoms with Gasteiger partial charge in [0.05, 0.1) is 16.6 Å². The summed E-state index contributed by atoms with van der Waals surface area (Å²) >= 11 is 0. The van der Waals surface area contributed by atoms with Gasteiger partial charge < -0.3 is 10.1 Å². The Morgan fingerprint density at radius 1 is 1.11 bits per heavy atom. The van der Waals surface area contributed by atoms with Crippen molar-refractivity contribution < 1.29 is 5.21 Å². The van der Waals surface area contributed by atoms with Gasteiger partial charge in [-0.1, -0.05) is 32.0 Å². The second-order valence-corrected chi connectivity index (χ2v) is 7.38. The molecular formula is C23H31N3O. The number of hydrogen-bond donors (Lipinski definition) is 1. The maximum atomic E-state index is 10.7. The van der Waals surface area contributed by atoms with E-state index in [4.69, 9.17) is 4.99 Å². The quantitative estimate of drug-likeness (QED) is 0.487. The summed E-state index contributed by atoms with van der Waals surface area (Å²) in [6.07, 6.45) is 2.22. The largest absolute Gasteiger partial charge is 0.428 e. The minimum Gasteiger partial charge on any atom is -0.428 e. The minimum atomic E-state index is 0.254. The van der Waals surface area contributed by atoms with Crippen LogP contribution in [-0.4, -0.2) is 40.5 Å². The lowest BCUT2D eigenvalue weighted by Crippen LogP contribution is -2.24. The topological polar surface area (TPSA) is 40.8 Å². The third-order valence-electron chi connectivity index (χ3n) is 5.32. The van der Waals surface area contributed by atoms with Gasteiger partial charge in [0.15, 0.2) is 0 Å². The van der Waals surface area contributed by atoms with Gasteiger partial charge in [-0.05, 0) is 76.2 Å². The molecule has 4 nitrogen and oxygen atoms in total. The molecule has 0 amide bonds. The Kier molecular flexibility index (Phi) is 6.17. The van der Waals surface area contributed by atoms with Gasteiger partial charge in [0, 0.05) is 17.0 Å². The van der Waals surface area contributed by atoms with E-state index in [0.717, 1.165) is 65.6 Å². The molecule has 1 aromatic carbocycles. The van der Waals surface area contributed by atoms with Crippen LogP contribution in [0.15, 0.2) is 47.5 Å². The van der Waals surface area contributed by atoms with E-state index in [9.17, 15) is 5.21 Å². The van der Waals surface area contributed by atoms with E-state index in [-0.39, 0.29) is 6.04 Å². The monoisotopic (exact) mass is 365 g/mol. The second kappa shape index (κ2) is 8.57. The molecule has 27 heavy (non-hydrogen) atoms. The summed E-state index contributed by atoms with van der Waals surface area (Å²) in [5, 5.41) is 12.7. The van der Waals surface area contributed by atoms with Crippen molar-refractivity contribution in [2.24, 2.45) is 4.99 Å². The van der Waals surface area contributed by atoms with Crippen molar-refractivity contribution in [3.05, 3.63) is 53.4 Å². The van der Waals surface area contributed by atoms with Crippen molar-refractivity contribution in [2.75, 3.05) is 19.6 Å². The van der Waals surface area contributed by atoms with Gasteiger partial charge in [-0.15, -0.1) is 0 Å². The molecule has 0 saturated carbocycles. The molecule has 1 aliphatic carbocycles. The summed E-state index contributed by atoms with van der Waals surface area (Å²) in [6, 6.07) is 14.4. The van der Waals surface area contributed by atoms with E-state index in [1.807, 2.05) is 30.3 Å². The fourth-order valence-electron chi connectivity index (χ4n) is 3.73. The predicted molar refractivity (Wildman–Crippen MR) is 113 cm³/mol. The van der Waals surface area contributed by atoms with Gasteiger partial charge in [-0.2, -0.15) is 4.73 Å². The van der Waals surface area contributed by atoms with Crippen molar-refractivity contribution in [1.29, 1.82) is 0 Å². The van der Waals surface area contributed by atoms with Gasteiger partial charge in [0.2, 0.25) is 0 Å². The highest BCUT2D eigenvalue weighted by molar-refractivity contribution is 5.86. The second-order valence-electron chi connectivity index (χ2n) is 7.38. The lowest BCUT2D eigenvalue weighted by molar-refractivity contribution is 0.202. The van der Waals surface area contributed by atoms with Crippen molar-refractivity contribution in [3.63, 3.8) is 0 Å². The van der Waals surface area contributed by atoms with Gasteiger partial charge in [-0.3, -0.25) is 4.99 Å². The number of fused-ring (bicyclic) bond motifs is 2. The van der Waals surface area contributed by atoms with E-state index in [2.05, 4.69) is 44.7 Å². The number of nitrogens with zero attached hydrogens (tertiary/aromatic N) is 3. The average Bonchev–Trinajstić information content (AvgIpc) is 2.66. The molecule has 2 aliphatic rings. The van der Waals surface area contributed by atoms with Crippen LogP contribution in [0, 0.1) is 6.92 Å². The molecule has 0 saturated heterocycles. The molecule has 1 heterocycles. The highest BCUT2D eigenvalue weighted by Gasteiger charge is 2.13. The van der Waals surface area contributed by atoms with E-state index in [1.54, 1.807) is 0 Å². The normalized spacial score (nSPS) is 13.7. The van der Waals surface area contributed by atoms with Gasteiger partial charge in [-0.25, -0.2) is 0 Å². The zero-order valence-electron chi connectivity index (χ0n) is 16.9. The Morgan fingerprint density at radius 2 is 1.85 bits per heavy atom. The highest BCUT2D eigenvalue weighted by atomic mass is 16.5. The number of rotatable bonds is 7. The van der Waals surface area contributed by atoms with Crippen LogP contribution in [0.4, 0.5) is 0 Å². The first-order chi connectivity index (χ1) is 13.0. The van der Waals surface area contributed by atoms with Crippen LogP contribution in [0.25, 0.3) is 22.2 Å². The van der Waals surface area contributed by atoms with Crippen molar-refractivity contribution in [1.82, 2.24) is 9.63 Å². The molecule has 144 valence electrons. The first-order valence-corrected chi connectivity index (χ1v) is 10.0.